The first-order valence-electron chi connectivity index (χ1n) is 14.7. The van der Waals surface area contributed by atoms with E-state index in [0.29, 0.717) is 23.0 Å². The number of hydrogen-bond donors (Lipinski definition) is 3. The highest BCUT2D eigenvalue weighted by molar-refractivity contribution is 5.64. The van der Waals surface area contributed by atoms with Gasteiger partial charge in [0.2, 0.25) is 5.95 Å². The maximum Gasteiger partial charge on any atom is 0.351 e. The maximum absolute atomic E-state index is 12.7. The summed E-state index contributed by atoms with van der Waals surface area (Å²) in [7, 11) is 0. The number of aryl methyl sites for hydroxylation is 4. The number of nitrogens with two attached hydrogens (primary N) is 2. The SMILES string of the molecule is Cc1nc(N=Nc2c(C)nn(-c3nc(-n4nc(C)c(N=Nc5nc(C)nn5-c5ccccc5)c4N)[nH]c(=O)n3)c2N)n(-c2ccccc2)n1. The van der Waals surface area contributed by atoms with Crippen LogP contribution in [0.15, 0.2) is 85.9 Å². The van der Waals surface area contributed by atoms with E-state index in [1.807, 2.05) is 60.7 Å². The van der Waals surface area contributed by atoms with Gasteiger partial charge in [0.25, 0.3) is 17.8 Å². The van der Waals surface area contributed by atoms with E-state index in [9.17, 15) is 4.79 Å². The van der Waals surface area contributed by atoms with Crippen molar-refractivity contribution < 1.29 is 0 Å². The van der Waals surface area contributed by atoms with Gasteiger partial charge >= 0.3 is 5.69 Å². The summed E-state index contributed by atoms with van der Waals surface area (Å²) in [6.07, 6.45) is 0. The first-order valence-corrected chi connectivity index (χ1v) is 14.7. The van der Waals surface area contributed by atoms with Crippen LogP contribution in [0.1, 0.15) is 23.0 Å². The molecule has 5 heterocycles. The minimum atomic E-state index is -0.760. The van der Waals surface area contributed by atoms with Crippen LogP contribution >= 0.6 is 0 Å². The molecule has 7 rings (SSSR count). The number of nitrogen functional groups attached to an aromatic ring is 2. The molecule has 0 saturated carbocycles. The standard InChI is InChI=1S/C29H27N19O/c1-15-21(37-39-27-32-17(3)43-45(27)19-11-7-5-8-12-19)23(30)47(41-15)25-34-26(36-29(49)35-25)48-24(31)22(16(2)42-48)38-40-28-33-18(4)44-46(28)20-13-9-6-10-14-20/h5-14H,30-31H2,1-4H3,(H,34,35,36,49). The Labute approximate surface area is 275 Å². The maximum atomic E-state index is 12.7. The summed E-state index contributed by atoms with van der Waals surface area (Å²) >= 11 is 0. The van der Waals surface area contributed by atoms with Crippen LogP contribution in [0.4, 0.5) is 34.9 Å². The Kier molecular flexibility index (Phi) is 7.55. The summed E-state index contributed by atoms with van der Waals surface area (Å²) in [5, 5.41) is 34.8. The Morgan fingerprint density at radius 3 is 1.55 bits per heavy atom. The summed E-state index contributed by atoms with van der Waals surface area (Å²) < 4.78 is 5.49. The number of nitrogens with one attached hydrogen (secondary N) is 1. The van der Waals surface area contributed by atoms with Gasteiger partial charge in [0.1, 0.15) is 11.6 Å². The zero-order chi connectivity index (χ0) is 34.2. The van der Waals surface area contributed by atoms with E-state index in [1.165, 1.54) is 9.36 Å². The fraction of sp³-hybridized carbons (Fsp3) is 0.138. The number of anilines is 2. The van der Waals surface area contributed by atoms with Gasteiger partial charge in [0.15, 0.2) is 23.0 Å². The van der Waals surface area contributed by atoms with Gasteiger partial charge in [0.05, 0.1) is 22.8 Å². The van der Waals surface area contributed by atoms with Gasteiger partial charge in [-0.3, -0.25) is 4.98 Å². The van der Waals surface area contributed by atoms with Gasteiger partial charge in [-0.1, -0.05) is 36.4 Å². The third kappa shape index (κ3) is 5.80. The third-order valence-corrected chi connectivity index (χ3v) is 7.02. The zero-order valence-corrected chi connectivity index (χ0v) is 26.5. The molecule has 5 N–H and O–H groups in total. The predicted octanol–water partition coefficient (Wildman–Crippen LogP) is 3.93. The number of nitrogens with zero attached hydrogens (tertiary/aromatic N) is 16. The highest BCUT2D eigenvalue weighted by Crippen LogP contribution is 2.32. The molecule has 0 bridgehead atoms. The summed E-state index contributed by atoms with van der Waals surface area (Å²) in [5.74, 6) is 1.32. The van der Waals surface area contributed by atoms with Crippen molar-refractivity contribution in [3.63, 3.8) is 0 Å². The fourth-order valence-electron chi connectivity index (χ4n) is 4.80. The Bertz CT molecular complexity index is 2260. The topological polar surface area (TPSA) is 257 Å². The average Bonchev–Trinajstić information content (AvgIpc) is 3.82. The molecule has 0 aliphatic carbocycles. The van der Waals surface area contributed by atoms with Crippen molar-refractivity contribution in [3.8, 4) is 23.3 Å². The Hall–Kier alpha value is -7.25. The third-order valence-electron chi connectivity index (χ3n) is 7.02. The van der Waals surface area contributed by atoms with Crippen molar-refractivity contribution in [3.05, 3.63) is 94.2 Å². The first kappa shape index (κ1) is 30.4. The molecule has 7 aromatic rings. The van der Waals surface area contributed by atoms with E-state index >= 15 is 0 Å². The van der Waals surface area contributed by atoms with Gasteiger partial charge in [-0.25, -0.2) is 4.79 Å². The smallest absolute Gasteiger partial charge is 0.351 e. The summed E-state index contributed by atoms with van der Waals surface area (Å²) in [6.45, 7) is 6.85. The minimum Gasteiger partial charge on any atom is -0.382 e. The first-order chi connectivity index (χ1) is 23.7. The van der Waals surface area contributed by atoms with Crippen molar-refractivity contribution in [2.24, 2.45) is 20.5 Å². The summed E-state index contributed by atoms with van der Waals surface area (Å²) in [6, 6.07) is 18.8. The minimum absolute atomic E-state index is 0.0252. The molecule has 0 fully saturated rings. The van der Waals surface area contributed by atoms with Gasteiger partial charge in [-0.05, 0) is 52.0 Å². The lowest BCUT2D eigenvalue weighted by atomic mass is 10.3. The zero-order valence-electron chi connectivity index (χ0n) is 26.5. The monoisotopic (exact) mass is 657 g/mol. The van der Waals surface area contributed by atoms with Crippen LogP contribution in [0.2, 0.25) is 0 Å². The number of para-hydroxylation sites is 2. The molecule has 20 heteroatoms. The normalized spacial score (nSPS) is 11.8. The van der Waals surface area contributed by atoms with Crippen molar-refractivity contribution in [2.45, 2.75) is 27.7 Å². The highest BCUT2D eigenvalue weighted by Gasteiger charge is 2.21. The number of azo groups is 2. The quantitative estimate of drug-likeness (QED) is 0.197. The van der Waals surface area contributed by atoms with Crippen molar-refractivity contribution in [1.82, 2.24) is 64.0 Å². The lowest BCUT2D eigenvalue weighted by Gasteiger charge is -2.06. The Morgan fingerprint density at radius 2 is 1.04 bits per heavy atom. The Morgan fingerprint density at radius 1 is 0.571 bits per heavy atom. The van der Waals surface area contributed by atoms with Gasteiger partial charge < -0.3 is 11.5 Å². The largest absolute Gasteiger partial charge is 0.382 e. The molecule has 2 aromatic carbocycles. The summed E-state index contributed by atoms with van der Waals surface area (Å²) in [5.41, 5.74) is 14.9. The molecule has 0 spiro atoms. The van der Waals surface area contributed by atoms with Crippen molar-refractivity contribution in [1.29, 1.82) is 0 Å². The molecule has 0 radical (unpaired) electrons. The van der Waals surface area contributed by atoms with Crippen LogP contribution in [0.25, 0.3) is 23.3 Å². The number of hydrogen-bond acceptors (Lipinski definition) is 15. The number of H-pyrrole nitrogens is 1. The second-order valence-corrected chi connectivity index (χ2v) is 10.6. The highest BCUT2D eigenvalue weighted by atomic mass is 16.1. The second kappa shape index (κ2) is 12.2. The lowest BCUT2D eigenvalue weighted by molar-refractivity contribution is 0.732. The molecule has 0 unspecified atom stereocenters. The van der Waals surface area contributed by atoms with Crippen LogP contribution in [0.3, 0.4) is 0 Å². The van der Waals surface area contributed by atoms with E-state index in [-0.39, 0.29) is 46.8 Å². The fourth-order valence-corrected chi connectivity index (χ4v) is 4.80. The van der Waals surface area contributed by atoms with E-state index in [4.69, 9.17) is 11.5 Å². The van der Waals surface area contributed by atoms with Crippen LogP contribution in [0, 0.1) is 27.7 Å². The molecule has 244 valence electrons. The Balaban J connectivity index is 1.21. The van der Waals surface area contributed by atoms with Gasteiger partial charge in [-0.15, -0.1) is 30.7 Å². The molecule has 0 saturated heterocycles. The lowest BCUT2D eigenvalue weighted by Crippen LogP contribution is -2.22. The van der Waals surface area contributed by atoms with Crippen molar-refractivity contribution in [2.75, 3.05) is 11.5 Å². The molecular formula is C29H27N19O. The number of aromatic nitrogens is 13. The number of benzene rings is 2. The van der Waals surface area contributed by atoms with E-state index in [0.717, 1.165) is 11.4 Å². The molecule has 49 heavy (non-hydrogen) atoms. The van der Waals surface area contributed by atoms with E-state index in [1.54, 1.807) is 37.1 Å². The molecule has 0 aliphatic rings. The number of aromatic amines is 1. The predicted molar refractivity (Wildman–Crippen MR) is 176 cm³/mol. The molecule has 0 amide bonds. The molecular weight excluding hydrogens is 630 g/mol. The molecule has 0 atom stereocenters. The molecule has 20 nitrogen and oxygen atoms in total. The van der Waals surface area contributed by atoms with E-state index in [2.05, 4.69) is 65.8 Å². The van der Waals surface area contributed by atoms with Crippen LogP contribution in [-0.4, -0.2) is 64.0 Å². The molecule has 0 aliphatic heterocycles. The van der Waals surface area contributed by atoms with Crippen LogP contribution in [0.5, 0.6) is 0 Å². The summed E-state index contributed by atoms with van der Waals surface area (Å²) in [4.78, 5) is 32.4. The van der Waals surface area contributed by atoms with Crippen LogP contribution < -0.4 is 17.2 Å². The molecule has 5 aromatic heterocycles. The van der Waals surface area contributed by atoms with Crippen LogP contribution in [-0.2, 0) is 0 Å². The van der Waals surface area contributed by atoms with Gasteiger partial charge in [0, 0.05) is 0 Å². The van der Waals surface area contributed by atoms with Crippen molar-refractivity contribution >= 4 is 34.9 Å². The van der Waals surface area contributed by atoms with Gasteiger partial charge in [-0.2, -0.15) is 48.9 Å². The van der Waals surface area contributed by atoms with E-state index < -0.39 is 5.69 Å². The second-order valence-electron chi connectivity index (χ2n) is 10.6. The number of rotatable bonds is 8. The average molecular weight is 658 g/mol.